The monoisotopic (exact) mass is 281 g/mol. The molecule has 21 heavy (non-hydrogen) atoms. The predicted octanol–water partition coefficient (Wildman–Crippen LogP) is 2.70. The minimum atomic E-state index is 0.874. The van der Waals surface area contributed by atoms with Crippen LogP contribution in [0.5, 0.6) is 0 Å². The number of piperazine rings is 1. The lowest BCUT2D eigenvalue weighted by Gasteiger charge is -2.28. The van der Waals surface area contributed by atoms with Gasteiger partial charge < -0.3 is 10.6 Å². The van der Waals surface area contributed by atoms with Gasteiger partial charge in [-0.05, 0) is 17.2 Å². The lowest BCUT2D eigenvalue weighted by Crippen LogP contribution is -2.42. The SMILES string of the molecule is c1ccc(CNc2ccccc2CN2CCNCC2)cc1. The number of nitrogens with zero attached hydrogens (tertiary/aromatic N) is 1. The molecule has 1 aliphatic rings. The molecule has 0 saturated carbocycles. The summed E-state index contributed by atoms with van der Waals surface area (Å²) in [4.78, 5) is 2.51. The van der Waals surface area contributed by atoms with Crippen molar-refractivity contribution in [2.75, 3.05) is 31.5 Å². The van der Waals surface area contributed by atoms with E-state index < -0.39 is 0 Å². The lowest BCUT2D eigenvalue weighted by atomic mass is 10.1. The van der Waals surface area contributed by atoms with Crippen molar-refractivity contribution >= 4 is 5.69 Å². The molecule has 1 heterocycles. The van der Waals surface area contributed by atoms with Crippen LogP contribution in [0.15, 0.2) is 54.6 Å². The first-order valence-electron chi connectivity index (χ1n) is 7.70. The molecular formula is C18H23N3. The number of anilines is 1. The zero-order valence-electron chi connectivity index (χ0n) is 12.4. The van der Waals surface area contributed by atoms with Gasteiger partial charge in [-0.25, -0.2) is 0 Å². The van der Waals surface area contributed by atoms with E-state index >= 15 is 0 Å². The number of hydrogen-bond acceptors (Lipinski definition) is 3. The quantitative estimate of drug-likeness (QED) is 0.882. The number of para-hydroxylation sites is 1. The Morgan fingerprint density at radius 3 is 2.43 bits per heavy atom. The summed E-state index contributed by atoms with van der Waals surface area (Å²) in [7, 11) is 0. The highest BCUT2D eigenvalue weighted by Crippen LogP contribution is 2.18. The second-order valence-electron chi connectivity index (χ2n) is 5.52. The van der Waals surface area contributed by atoms with Crippen LogP contribution in [-0.2, 0) is 13.1 Å². The third kappa shape index (κ3) is 4.06. The van der Waals surface area contributed by atoms with E-state index in [1.165, 1.54) is 16.8 Å². The van der Waals surface area contributed by atoms with E-state index in [9.17, 15) is 0 Å². The molecule has 0 radical (unpaired) electrons. The molecule has 0 bridgehead atoms. The van der Waals surface area contributed by atoms with E-state index in [-0.39, 0.29) is 0 Å². The largest absolute Gasteiger partial charge is 0.381 e. The van der Waals surface area contributed by atoms with Gasteiger partial charge in [0.25, 0.3) is 0 Å². The fraction of sp³-hybridized carbons (Fsp3) is 0.333. The van der Waals surface area contributed by atoms with Crippen LogP contribution in [0, 0.1) is 0 Å². The van der Waals surface area contributed by atoms with Crippen LogP contribution in [0.3, 0.4) is 0 Å². The van der Waals surface area contributed by atoms with Gasteiger partial charge in [-0.3, -0.25) is 4.90 Å². The predicted molar refractivity (Wildman–Crippen MR) is 88.4 cm³/mol. The molecule has 3 nitrogen and oxygen atoms in total. The summed E-state index contributed by atoms with van der Waals surface area (Å²) in [5.41, 5.74) is 3.95. The van der Waals surface area contributed by atoms with Gasteiger partial charge in [-0.15, -0.1) is 0 Å². The topological polar surface area (TPSA) is 27.3 Å². The number of nitrogens with one attached hydrogen (secondary N) is 2. The van der Waals surface area contributed by atoms with Crippen LogP contribution in [0.2, 0.25) is 0 Å². The molecule has 3 rings (SSSR count). The van der Waals surface area contributed by atoms with Crippen LogP contribution in [-0.4, -0.2) is 31.1 Å². The molecule has 0 amide bonds. The first-order valence-corrected chi connectivity index (χ1v) is 7.70. The van der Waals surface area contributed by atoms with E-state index in [2.05, 4.69) is 70.1 Å². The third-order valence-electron chi connectivity index (χ3n) is 3.95. The van der Waals surface area contributed by atoms with Crippen LogP contribution in [0.25, 0.3) is 0 Å². The molecule has 0 aromatic heterocycles. The average molecular weight is 281 g/mol. The molecule has 0 aliphatic carbocycles. The van der Waals surface area contributed by atoms with Crippen LogP contribution < -0.4 is 10.6 Å². The van der Waals surface area contributed by atoms with Crippen molar-refractivity contribution in [2.45, 2.75) is 13.1 Å². The van der Waals surface area contributed by atoms with Crippen LogP contribution in [0.4, 0.5) is 5.69 Å². The van der Waals surface area contributed by atoms with Gasteiger partial charge in [0.15, 0.2) is 0 Å². The summed E-state index contributed by atoms with van der Waals surface area (Å²) < 4.78 is 0. The molecule has 2 aromatic rings. The van der Waals surface area contributed by atoms with Crippen molar-refractivity contribution in [3.05, 3.63) is 65.7 Å². The molecule has 1 saturated heterocycles. The Balaban J connectivity index is 1.64. The molecule has 2 aromatic carbocycles. The first-order chi connectivity index (χ1) is 10.4. The smallest absolute Gasteiger partial charge is 0.0400 e. The van der Waals surface area contributed by atoms with Crippen molar-refractivity contribution in [3.63, 3.8) is 0 Å². The van der Waals surface area contributed by atoms with Crippen molar-refractivity contribution in [3.8, 4) is 0 Å². The summed E-state index contributed by atoms with van der Waals surface area (Å²) in [6.07, 6.45) is 0. The van der Waals surface area contributed by atoms with E-state index in [1.807, 2.05) is 0 Å². The fourth-order valence-corrected chi connectivity index (χ4v) is 2.73. The summed E-state index contributed by atoms with van der Waals surface area (Å²) in [5.74, 6) is 0. The number of benzene rings is 2. The Kier molecular flexibility index (Phi) is 4.87. The molecule has 110 valence electrons. The van der Waals surface area contributed by atoms with Gasteiger partial charge in [0.2, 0.25) is 0 Å². The van der Waals surface area contributed by atoms with Crippen molar-refractivity contribution in [2.24, 2.45) is 0 Å². The van der Waals surface area contributed by atoms with Crippen molar-refractivity contribution < 1.29 is 0 Å². The van der Waals surface area contributed by atoms with Gasteiger partial charge in [0.1, 0.15) is 0 Å². The molecule has 1 fully saturated rings. The molecule has 1 aliphatic heterocycles. The highest BCUT2D eigenvalue weighted by Gasteiger charge is 2.11. The highest BCUT2D eigenvalue weighted by atomic mass is 15.2. The molecule has 0 spiro atoms. The molecule has 3 heteroatoms. The minimum Gasteiger partial charge on any atom is -0.381 e. The Hall–Kier alpha value is -1.84. The normalized spacial score (nSPS) is 15.8. The number of rotatable bonds is 5. The minimum absolute atomic E-state index is 0.874. The second-order valence-corrected chi connectivity index (χ2v) is 5.52. The zero-order valence-corrected chi connectivity index (χ0v) is 12.4. The Bertz CT molecular complexity index is 547. The molecule has 0 unspecified atom stereocenters. The summed E-state index contributed by atoms with van der Waals surface area (Å²) in [5, 5.41) is 6.98. The molecule has 2 N–H and O–H groups in total. The third-order valence-corrected chi connectivity index (χ3v) is 3.95. The van der Waals surface area contributed by atoms with Crippen molar-refractivity contribution in [1.82, 2.24) is 10.2 Å². The molecular weight excluding hydrogens is 258 g/mol. The first kappa shape index (κ1) is 14.1. The Morgan fingerprint density at radius 1 is 0.905 bits per heavy atom. The van der Waals surface area contributed by atoms with Crippen LogP contribution in [0.1, 0.15) is 11.1 Å². The van der Waals surface area contributed by atoms with E-state index in [1.54, 1.807) is 0 Å². The number of hydrogen-bond donors (Lipinski definition) is 2. The highest BCUT2D eigenvalue weighted by molar-refractivity contribution is 5.51. The average Bonchev–Trinajstić information content (AvgIpc) is 2.56. The van der Waals surface area contributed by atoms with Crippen LogP contribution >= 0.6 is 0 Å². The Morgan fingerprint density at radius 2 is 1.62 bits per heavy atom. The maximum absolute atomic E-state index is 3.58. The summed E-state index contributed by atoms with van der Waals surface area (Å²) >= 11 is 0. The zero-order chi connectivity index (χ0) is 14.3. The second kappa shape index (κ2) is 7.25. The van der Waals surface area contributed by atoms with Gasteiger partial charge >= 0.3 is 0 Å². The summed E-state index contributed by atoms with van der Waals surface area (Å²) in [6.45, 7) is 6.36. The van der Waals surface area contributed by atoms with E-state index in [4.69, 9.17) is 0 Å². The lowest BCUT2D eigenvalue weighted by molar-refractivity contribution is 0.233. The maximum atomic E-state index is 3.58. The fourth-order valence-electron chi connectivity index (χ4n) is 2.73. The standard InChI is InChI=1S/C18H23N3/c1-2-6-16(7-3-1)14-20-18-9-5-4-8-17(18)15-21-12-10-19-11-13-21/h1-9,19-20H,10-15H2. The van der Waals surface area contributed by atoms with E-state index in [0.717, 1.165) is 39.3 Å². The summed E-state index contributed by atoms with van der Waals surface area (Å²) in [6, 6.07) is 19.2. The van der Waals surface area contributed by atoms with Gasteiger partial charge in [-0.2, -0.15) is 0 Å². The van der Waals surface area contributed by atoms with E-state index in [0.29, 0.717) is 0 Å². The Labute approximate surface area is 127 Å². The maximum Gasteiger partial charge on any atom is 0.0400 e. The van der Waals surface area contributed by atoms with Crippen molar-refractivity contribution in [1.29, 1.82) is 0 Å². The van der Waals surface area contributed by atoms with Gasteiger partial charge in [0, 0.05) is 45.0 Å². The molecule has 0 atom stereocenters. The van der Waals surface area contributed by atoms with Gasteiger partial charge in [0.05, 0.1) is 0 Å². The van der Waals surface area contributed by atoms with Gasteiger partial charge in [-0.1, -0.05) is 48.5 Å².